The van der Waals surface area contributed by atoms with Gasteiger partial charge in [0.05, 0.1) is 12.1 Å². The minimum atomic E-state index is -0.975. The molecule has 3 aromatic rings. The molecule has 6 nitrogen and oxygen atoms in total. The van der Waals surface area contributed by atoms with Crippen LogP contribution in [0.25, 0.3) is 11.1 Å². The largest absolute Gasteiger partial charge is 0.478 e. The molecule has 0 atom stereocenters. The Morgan fingerprint density at radius 1 is 1.07 bits per heavy atom. The maximum Gasteiger partial charge on any atom is 0.337 e. The molecule has 0 aliphatic heterocycles. The van der Waals surface area contributed by atoms with Crippen molar-refractivity contribution in [2.75, 3.05) is 0 Å². The Labute approximate surface area is 158 Å². The molecule has 27 heavy (non-hydrogen) atoms. The number of aromatic nitrogens is 4. The van der Waals surface area contributed by atoms with Gasteiger partial charge in [0, 0.05) is 25.2 Å². The van der Waals surface area contributed by atoms with Crippen molar-refractivity contribution < 1.29 is 9.90 Å². The highest BCUT2D eigenvalue weighted by molar-refractivity contribution is 5.95. The topological polar surface area (TPSA) is 80.9 Å². The lowest BCUT2D eigenvalue weighted by molar-refractivity contribution is 0.0697. The second kappa shape index (κ2) is 8.58. The third kappa shape index (κ3) is 4.39. The summed E-state index contributed by atoms with van der Waals surface area (Å²) >= 11 is 0. The smallest absolute Gasteiger partial charge is 0.337 e. The zero-order valence-electron chi connectivity index (χ0n) is 15.7. The molecule has 0 unspecified atom stereocenters. The molecule has 0 saturated carbocycles. The van der Waals surface area contributed by atoms with Crippen LogP contribution in [0, 0.1) is 0 Å². The standard InChI is InChI=1S/C21H24N4O2/c1-3-5-19-23-20(6-4-2)25(24-19)14-15-7-9-16(10-8-15)17-11-12-22-13-18(17)21(26)27/h7-13H,3-6,14H2,1-2H3,(H,26,27). The van der Waals surface area contributed by atoms with E-state index < -0.39 is 5.97 Å². The fraction of sp³-hybridized carbons (Fsp3) is 0.333. The van der Waals surface area contributed by atoms with Crippen LogP contribution < -0.4 is 0 Å². The van der Waals surface area contributed by atoms with Crippen molar-refractivity contribution >= 4 is 5.97 Å². The molecule has 6 heteroatoms. The fourth-order valence-corrected chi connectivity index (χ4v) is 3.07. The Morgan fingerprint density at radius 3 is 2.48 bits per heavy atom. The number of carboxylic acids is 1. The Hall–Kier alpha value is -3.02. The zero-order chi connectivity index (χ0) is 19.2. The van der Waals surface area contributed by atoms with E-state index in [4.69, 9.17) is 0 Å². The van der Waals surface area contributed by atoms with Crippen molar-refractivity contribution in [3.05, 3.63) is 65.5 Å². The van der Waals surface area contributed by atoms with E-state index in [1.807, 2.05) is 28.9 Å². The molecule has 0 aliphatic rings. The lowest BCUT2D eigenvalue weighted by atomic mass is 10.0. The van der Waals surface area contributed by atoms with Crippen LogP contribution in [0.2, 0.25) is 0 Å². The van der Waals surface area contributed by atoms with Gasteiger partial charge in [0.25, 0.3) is 0 Å². The van der Waals surface area contributed by atoms with Gasteiger partial charge < -0.3 is 5.11 Å². The first-order valence-electron chi connectivity index (χ1n) is 9.31. The summed E-state index contributed by atoms with van der Waals surface area (Å²) in [5.74, 6) is 0.949. The average Bonchev–Trinajstić information content (AvgIpc) is 3.04. The van der Waals surface area contributed by atoms with Crippen molar-refractivity contribution in [1.29, 1.82) is 0 Å². The molecule has 0 spiro atoms. The maximum atomic E-state index is 11.4. The zero-order valence-corrected chi connectivity index (χ0v) is 15.7. The highest BCUT2D eigenvalue weighted by Gasteiger charge is 2.12. The molecule has 0 saturated heterocycles. The molecule has 2 heterocycles. The Kier molecular flexibility index (Phi) is 5.96. The van der Waals surface area contributed by atoms with Gasteiger partial charge in [-0.05, 0) is 35.6 Å². The molecular weight excluding hydrogens is 340 g/mol. The number of hydrogen-bond donors (Lipinski definition) is 1. The number of aromatic carboxylic acids is 1. The van der Waals surface area contributed by atoms with Gasteiger partial charge >= 0.3 is 5.97 Å². The van der Waals surface area contributed by atoms with Crippen LogP contribution in [0.3, 0.4) is 0 Å². The summed E-state index contributed by atoms with van der Waals surface area (Å²) in [5, 5.41) is 14.0. The Morgan fingerprint density at radius 2 is 1.81 bits per heavy atom. The molecule has 3 rings (SSSR count). The van der Waals surface area contributed by atoms with Gasteiger partial charge in [0.2, 0.25) is 0 Å². The van der Waals surface area contributed by atoms with E-state index in [9.17, 15) is 9.90 Å². The van der Waals surface area contributed by atoms with Gasteiger partial charge in [-0.1, -0.05) is 38.1 Å². The van der Waals surface area contributed by atoms with Crippen molar-refractivity contribution in [3.63, 3.8) is 0 Å². The van der Waals surface area contributed by atoms with E-state index in [0.717, 1.165) is 48.5 Å². The lowest BCUT2D eigenvalue weighted by Gasteiger charge is -2.08. The maximum absolute atomic E-state index is 11.4. The summed E-state index contributed by atoms with van der Waals surface area (Å²) < 4.78 is 1.98. The molecule has 0 fully saturated rings. The SMILES string of the molecule is CCCc1nc(CCC)n(Cc2ccc(-c3ccncc3C(=O)O)cc2)n1. The van der Waals surface area contributed by atoms with Crippen LogP contribution in [-0.4, -0.2) is 30.8 Å². The number of hydrogen-bond acceptors (Lipinski definition) is 4. The van der Waals surface area contributed by atoms with Crippen molar-refractivity contribution in [1.82, 2.24) is 19.7 Å². The van der Waals surface area contributed by atoms with Gasteiger partial charge in [0.1, 0.15) is 5.82 Å². The summed E-state index contributed by atoms with van der Waals surface area (Å²) in [6.45, 7) is 4.93. The van der Waals surface area contributed by atoms with Gasteiger partial charge in [-0.25, -0.2) is 14.5 Å². The Balaban J connectivity index is 1.84. The fourth-order valence-electron chi connectivity index (χ4n) is 3.07. The lowest BCUT2D eigenvalue weighted by Crippen LogP contribution is -2.07. The van der Waals surface area contributed by atoms with Crippen LogP contribution in [0.4, 0.5) is 0 Å². The molecule has 1 N–H and O–H groups in total. The van der Waals surface area contributed by atoms with Gasteiger partial charge in [-0.2, -0.15) is 5.10 Å². The number of carbonyl (C=O) groups is 1. The summed E-state index contributed by atoms with van der Waals surface area (Å²) in [4.78, 5) is 20.0. The molecule has 1 aromatic carbocycles. The van der Waals surface area contributed by atoms with Crippen molar-refractivity contribution in [2.45, 2.75) is 46.1 Å². The van der Waals surface area contributed by atoms with E-state index in [0.29, 0.717) is 12.1 Å². The quantitative estimate of drug-likeness (QED) is 0.653. The van der Waals surface area contributed by atoms with Crippen LogP contribution in [0.15, 0.2) is 42.7 Å². The minimum Gasteiger partial charge on any atom is -0.478 e. The number of nitrogens with zero attached hydrogens (tertiary/aromatic N) is 4. The van der Waals surface area contributed by atoms with E-state index in [2.05, 4.69) is 28.9 Å². The third-order valence-corrected chi connectivity index (χ3v) is 4.39. The molecule has 0 amide bonds. The van der Waals surface area contributed by atoms with E-state index in [-0.39, 0.29) is 5.56 Å². The number of pyridine rings is 1. The number of rotatable bonds is 8. The highest BCUT2D eigenvalue weighted by Crippen LogP contribution is 2.23. The van der Waals surface area contributed by atoms with Crippen molar-refractivity contribution in [3.8, 4) is 11.1 Å². The van der Waals surface area contributed by atoms with Crippen LogP contribution in [0.5, 0.6) is 0 Å². The molecule has 2 aromatic heterocycles. The predicted octanol–water partition coefficient (Wildman–Crippen LogP) is 3.99. The average molecular weight is 364 g/mol. The molecule has 0 aliphatic carbocycles. The summed E-state index contributed by atoms with van der Waals surface area (Å²) in [6.07, 6.45) is 6.85. The summed E-state index contributed by atoms with van der Waals surface area (Å²) in [7, 11) is 0. The third-order valence-electron chi connectivity index (χ3n) is 4.39. The number of benzene rings is 1. The van der Waals surface area contributed by atoms with Crippen molar-refractivity contribution in [2.24, 2.45) is 0 Å². The normalized spacial score (nSPS) is 10.9. The second-order valence-electron chi connectivity index (χ2n) is 6.53. The summed E-state index contributed by atoms with van der Waals surface area (Å²) in [6, 6.07) is 9.64. The molecule has 140 valence electrons. The molecule has 0 bridgehead atoms. The summed E-state index contributed by atoms with van der Waals surface area (Å²) in [5.41, 5.74) is 2.84. The van der Waals surface area contributed by atoms with Crippen LogP contribution in [0.1, 0.15) is 54.3 Å². The monoisotopic (exact) mass is 364 g/mol. The Bertz CT molecular complexity index is 916. The van der Waals surface area contributed by atoms with E-state index in [1.54, 1.807) is 12.3 Å². The van der Waals surface area contributed by atoms with Gasteiger partial charge in [0.15, 0.2) is 5.82 Å². The first-order chi connectivity index (χ1) is 13.1. The second-order valence-corrected chi connectivity index (χ2v) is 6.53. The molecule has 0 radical (unpaired) electrons. The van der Waals surface area contributed by atoms with E-state index in [1.165, 1.54) is 6.20 Å². The highest BCUT2D eigenvalue weighted by atomic mass is 16.4. The van der Waals surface area contributed by atoms with Gasteiger partial charge in [-0.15, -0.1) is 0 Å². The van der Waals surface area contributed by atoms with Gasteiger partial charge in [-0.3, -0.25) is 4.98 Å². The van der Waals surface area contributed by atoms with Crippen LogP contribution in [-0.2, 0) is 19.4 Å². The number of aryl methyl sites for hydroxylation is 2. The number of carboxylic acid groups (broad SMARTS) is 1. The predicted molar refractivity (Wildman–Crippen MR) is 104 cm³/mol. The van der Waals surface area contributed by atoms with E-state index >= 15 is 0 Å². The molecular formula is C21H24N4O2. The van der Waals surface area contributed by atoms with Crippen LogP contribution >= 0.6 is 0 Å². The first-order valence-corrected chi connectivity index (χ1v) is 9.31. The minimum absolute atomic E-state index is 0.205. The first kappa shape index (κ1) is 18.8.